The fourth-order valence-electron chi connectivity index (χ4n) is 3.16. The highest BCUT2D eigenvalue weighted by Crippen LogP contribution is 2.14. The molecule has 1 N–H and O–H groups in total. The van der Waals surface area contributed by atoms with Gasteiger partial charge in [-0.05, 0) is 32.9 Å². The maximum atomic E-state index is 12.3. The molecule has 2 saturated heterocycles. The molecule has 0 bridgehead atoms. The molecule has 6 nitrogen and oxygen atoms in total. The molecule has 2 atom stereocenters. The first-order chi connectivity index (χ1) is 11.0. The maximum Gasteiger partial charge on any atom is 0.317 e. The first kappa shape index (κ1) is 18.5. The van der Waals surface area contributed by atoms with Crippen LogP contribution in [0, 0.1) is 5.92 Å². The van der Waals surface area contributed by atoms with Crippen molar-refractivity contribution in [2.24, 2.45) is 5.92 Å². The zero-order valence-corrected chi connectivity index (χ0v) is 15.3. The highest BCUT2D eigenvalue weighted by Gasteiger charge is 2.28. The molecule has 2 heterocycles. The van der Waals surface area contributed by atoms with E-state index >= 15 is 0 Å². The molecule has 2 rings (SSSR count). The quantitative estimate of drug-likeness (QED) is 0.793. The van der Waals surface area contributed by atoms with Crippen molar-refractivity contribution in [3.8, 4) is 0 Å². The number of hydrogen-bond acceptors (Lipinski definition) is 4. The number of ether oxygens (including phenoxy) is 1. The van der Waals surface area contributed by atoms with Gasteiger partial charge in [-0.25, -0.2) is 4.79 Å². The average molecular weight is 326 g/mol. The Morgan fingerprint density at radius 3 is 2.74 bits per heavy atom. The van der Waals surface area contributed by atoms with Gasteiger partial charge in [0.05, 0.1) is 6.10 Å². The van der Waals surface area contributed by atoms with E-state index in [9.17, 15) is 4.79 Å². The van der Waals surface area contributed by atoms with E-state index in [1.807, 2.05) is 4.90 Å². The molecule has 0 radical (unpaired) electrons. The van der Waals surface area contributed by atoms with Crippen molar-refractivity contribution in [1.82, 2.24) is 20.0 Å². The third-order valence-electron chi connectivity index (χ3n) is 4.95. The summed E-state index contributed by atoms with van der Waals surface area (Å²) in [5, 5.41) is 3.10. The highest BCUT2D eigenvalue weighted by molar-refractivity contribution is 5.74. The van der Waals surface area contributed by atoms with Crippen LogP contribution < -0.4 is 5.32 Å². The number of carbonyl (C=O) groups excluding carboxylic acids is 1. The van der Waals surface area contributed by atoms with E-state index in [-0.39, 0.29) is 12.1 Å². The van der Waals surface area contributed by atoms with Crippen molar-refractivity contribution in [2.45, 2.75) is 38.8 Å². The summed E-state index contributed by atoms with van der Waals surface area (Å²) in [6, 6.07) is 0.458. The zero-order valence-electron chi connectivity index (χ0n) is 15.3. The maximum absolute atomic E-state index is 12.3. The molecule has 2 aliphatic heterocycles. The summed E-state index contributed by atoms with van der Waals surface area (Å²) in [4.78, 5) is 18.9. The van der Waals surface area contributed by atoms with Gasteiger partial charge in [0.2, 0.25) is 0 Å². The van der Waals surface area contributed by atoms with Crippen molar-refractivity contribution >= 4 is 6.03 Å². The normalized spacial score (nSPS) is 26.9. The zero-order chi connectivity index (χ0) is 16.8. The van der Waals surface area contributed by atoms with Gasteiger partial charge in [-0.1, -0.05) is 13.8 Å². The molecule has 0 aliphatic carbocycles. The second-order valence-electron chi connectivity index (χ2n) is 7.49. The van der Waals surface area contributed by atoms with Crippen LogP contribution in [0.1, 0.15) is 26.7 Å². The molecule has 6 heteroatoms. The van der Waals surface area contributed by atoms with Crippen LogP contribution in [-0.4, -0.2) is 92.8 Å². The second kappa shape index (κ2) is 8.85. The van der Waals surface area contributed by atoms with E-state index in [4.69, 9.17) is 4.74 Å². The van der Waals surface area contributed by atoms with E-state index in [0.29, 0.717) is 12.0 Å². The molecule has 0 saturated carbocycles. The third kappa shape index (κ3) is 5.94. The lowest BCUT2D eigenvalue weighted by Crippen LogP contribution is -2.55. The predicted octanol–water partition coefficient (Wildman–Crippen LogP) is 1.08. The van der Waals surface area contributed by atoms with Crippen LogP contribution in [0.15, 0.2) is 0 Å². The van der Waals surface area contributed by atoms with Gasteiger partial charge in [-0.3, -0.25) is 4.90 Å². The van der Waals surface area contributed by atoms with Gasteiger partial charge in [0.15, 0.2) is 0 Å². The van der Waals surface area contributed by atoms with Gasteiger partial charge in [-0.2, -0.15) is 0 Å². The van der Waals surface area contributed by atoms with E-state index < -0.39 is 0 Å². The number of likely N-dealkylation sites (tertiary alicyclic amines) is 1. The number of urea groups is 1. The number of carbonyl (C=O) groups is 1. The predicted molar refractivity (Wildman–Crippen MR) is 92.7 cm³/mol. The van der Waals surface area contributed by atoms with Crippen LogP contribution in [0.2, 0.25) is 0 Å². The summed E-state index contributed by atoms with van der Waals surface area (Å²) >= 11 is 0. The largest absolute Gasteiger partial charge is 0.376 e. The fraction of sp³-hybridized carbons (Fsp3) is 0.941. The van der Waals surface area contributed by atoms with Gasteiger partial charge < -0.3 is 19.9 Å². The SMILES string of the molecule is CC(C)CCO[C@@H]1CCN(C(=O)NC[C@H]2CN(C)CCN2C)C1. The Labute approximate surface area is 141 Å². The van der Waals surface area contributed by atoms with Crippen molar-refractivity contribution in [3.05, 3.63) is 0 Å². The minimum atomic E-state index is 0.0570. The Bertz CT molecular complexity index is 378. The number of nitrogens with one attached hydrogen (secondary N) is 1. The van der Waals surface area contributed by atoms with Gasteiger partial charge in [0, 0.05) is 51.9 Å². The van der Waals surface area contributed by atoms with Crippen LogP contribution >= 0.6 is 0 Å². The summed E-state index contributed by atoms with van der Waals surface area (Å²) in [5.41, 5.74) is 0. The number of hydrogen-bond donors (Lipinski definition) is 1. The number of nitrogens with zero attached hydrogens (tertiary/aromatic N) is 3. The topological polar surface area (TPSA) is 48.1 Å². The van der Waals surface area contributed by atoms with Crippen molar-refractivity contribution in [3.63, 3.8) is 0 Å². The molecule has 0 aromatic carbocycles. The summed E-state index contributed by atoms with van der Waals surface area (Å²) in [6.45, 7) is 10.6. The Morgan fingerprint density at radius 1 is 1.22 bits per heavy atom. The van der Waals surface area contributed by atoms with Crippen molar-refractivity contribution in [1.29, 1.82) is 0 Å². The molecular formula is C17H34N4O2. The van der Waals surface area contributed by atoms with E-state index in [2.05, 4.69) is 43.1 Å². The van der Waals surface area contributed by atoms with Crippen LogP contribution in [0.4, 0.5) is 4.79 Å². The molecule has 134 valence electrons. The van der Waals surface area contributed by atoms with Crippen LogP contribution in [0.5, 0.6) is 0 Å². The second-order valence-corrected chi connectivity index (χ2v) is 7.49. The summed E-state index contributed by atoms with van der Waals surface area (Å²) in [6.07, 6.45) is 2.25. The molecule has 0 spiro atoms. The minimum Gasteiger partial charge on any atom is -0.376 e. The lowest BCUT2D eigenvalue weighted by Gasteiger charge is -2.37. The van der Waals surface area contributed by atoms with E-state index in [1.54, 1.807) is 0 Å². The number of amides is 2. The molecule has 2 amide bonds. The van der Waals surface area contributed by atoms with Crippen LogP contribution in [-0.2, 0) is 4.74 Å². The van der Waals surface area contributed by atoms with Crippen molar-refractivity contribution in [2.75, 3.05) is 60.0 Å². The molecule has 2 aliphatic rings. The smallest absolute Gasteiger partial charge is 0.317 e. The molecule has 0 aromatic rings. The Kier molecular flexibility index (Phi) is 7.11. The first-order valence-electron chi connectivity index (χ1n) is 8.99. The fourth-order valence-corrected chi connectivity index (χ4v) is 3.16. The molecule has 23 heavy (non-hydrogen) atoms. The van der Waals surface area contributed by atoms with Crippen LogP contribution in [0.25, 0.3) is 0 Å². The van der Waals surface area contributed by atoms with Gasteiger partial charge in [0.1, 0.15) is 0 Å². The first-order valence-corrected chi connectivity index (χ1v) is 8.99. The molecular weight excluding hydrogens is 292 g/mol. The summed E-state index contributed by atoms with van der Waals surface area (Å²) in [5.74, 6) is 0.668. The lowest BCUT2D eigenvalue weighted by atomic mass is 10.1. The van der Waals surface area contributed by atoms with E-state index in [1.165, 1.54) is 0 Å². The van der Waals surface area contributed by atoms with Crippen LogP contribution in [0.3, 0.4) is 0 Å². The summed E-state index contributed by atoms with van der Waals surface area (Å²) < 4.78 is 5.88. The number of piperazine rings is 1. The summed E-state index contributed by atoms with van der Waals surface area (Å²) in [7, 11) is 4.28. The molecule has 2 fully saturated rings. The van der Waals surface area contributed by atoms with Crippen molar-refractivity contribution < 1.29 is 9.53 Å². The van der Waals surface area contributed by atoms with E-state index in [0.717, 1.165) is 58.7 Å². The standard InChI is InChI=1S/C17H34N4O2/c1-14(2)6-10-23-16-5-7-21(13-16)17(22)18-11-15-12-19(3)8-9-20(15)4/h14-16H,5-13H2,1-4H3,(H,18,22)/t15-,16+/m0/s1. The van der Waals surface area contributed by atoms with Gasteiger partial charge >= 0.3 is 6.03 Å². The molecule has 0 unspecified atom stereocenters. The monoisotopic (exact) mass is 326 g/mol. The Morgan fingerprint density at radius 2 is 2.00 bits per heavy atom. The number of rotatable bonds is 6. The third-order valence-corrected chi connectivity index (χ3v) is 4.95. The number of likely N-dealkylation sites (N-methyl/N-ethyl adjacent to an activating group) is 2. The highest BCUT2D eigenvalue weighted by atomic mass is 16.5. The lowest BCUT2D eigenvalue weighted by molar-refractivity contribution is 0.0541. The Hall–Kier alpha value is -0.850. The Balaban J connectivity index is 1.66. The average Bonchev–Trinajstić information content (AvgIpc) is 2.96. The van der Waals surface area contributed by atoms with Gasteiger partial charge in [-0.15, -0.1) is 0 Å². The minimum absolute atomic E-state index is 0.0570. The van der Waals surface area contributed by atoms with Gasteiger partial charge in [0.25, 0.3) is 0 Å². The molecule has 0 aromatic heterocycles.